The van der Waals surface area contributed by atoms with Crippen LogP contribution in [0, 0.1) is 0 Å². The normalized spacial score (nSPS) is 21.6. The van der Waals surface area contributed by atoms with Gasteiger partial charge < -0.3 is 24.6 Å². The van der Waals surface area contributed by atoms with Crippen molar-refractivity contribution in [3.05, 3.63) is 46.6 Å². The molecule has 5 rings (SSSR count). The number of anilines is 1. The predicted molar refractivity (Wildman–Crippen MR) is 151 cm³/mol. The van der Waals surface area contributed by atoms with Gasteiger partial charge in [0.1, 0.15) is 11.0 Å². The fourth-order valence-corrected chi connectivity index (χ4v) is 6.49. The second-order valence-electron chi connectivity index (χ2n) is 10.4. The smallest absolute Gasteiger partial charge is 0.251 e. The summed E-state index contributed by atoms with van der Waals surface area (Å²) in [5.41, 5.74) is 1.79. The van der Waals surface area contributed by atoms with Crippen LogP contribution in [0.3, 0.4) is 0 Å². The molecule has 0 saturated carbocycles. The highest BCUT2D eigenvalue weighted by Gasteiger charge is 2.40. The van der Waals surface area contributed by atoms with Gasteiger partial charge in [0.2, 0.25) is 0 Å². The summed E-state index contributed by atoms with van der Waals surface area (Å²) in [5, 5.41) is 4.15. The summed E-state index contributed by atoms with van der Waals surface area (Å²) in [6.45, 7) is 8.18. The number of rotatable bonds is 9. The molecule has 10 heteroatoms. The van der Waals surface area contributed by atoms with Crippen LogP contribution >= 0.6 is 23.4 Å². The minimum absolute atomic E-state index is 0.0181. The summed E-state index contributed by atoms with van der Waals surface area (Å²) in [6, 6.07) is 10.2. The Morgan fingerprint density at radius 2 is 1.89 bits per heavy atom. The van der Waals surface area contributed by atoms with Crippen molar-refractivity contribution < 1.29 is 14.3 Å². The third kappa shape index (κ3) is 7.18. The van der Waals surface area contributed by atoms with Gasteiger partial charge in [0, 0.05) is 62.4 Å². The number of ether oxygens (including phenoxy) is 2. The van der Waals surface area contributed by atoms with Crippen LogP contribution in [0.15, 0.2) is 35.5 Å². The second-order valence-corrected chi connectivity index (χ2v) is 11.7. The van der Waals surface area contributed by atoms with E-state index in [4.69, 9.17) is 26.1 Å². The summed E-state index contributed by atoms with van der Waals surface area (Å²) in [5.74, 6) is 1.10. The van der Waals surface area contributed by atoms with Gasteiger partial charge in [-0.1, -0.05) is 41.9 Å². The lowest BCUT2D eigenvalue weighted by atomic mass is 10.0. The third-order valence-electron chi connectivity index (χ3n) is 7.76. The Bertz CT molecular complexity index is 1070. The van der Waals surface area contributed by atoms with Crippen LogP contribution in [0.4, 0.5) is 5.82 Å². The number of benzene rings is 1. The van der Waals surface area contributed by atoms with Crippen LogP contribution in [-0.4, -0.2) is 78.5 Å². The van der Waals surface area contributed by atoms with Crippen molar-refractivity contribution in [3.63, 3.8) is 0 Å². The molecule has 0 radical (unpaired) electrons. The number of hydrogen-bond acceptors (Lipinski definition) is 8. The lowest BCUT2D eigenvalue weighted by Crippen LogP contribution is -2.45. The monoisotopic (exact) mass is 559 g/mol. The van der Waals surface area contributed by atoms with E-state index in [9.17, 15) is 4.79 Å². The molecule has 1 unspecified atom stereocenters. The molecule has 1 aromatic heterocycles. The molecule has 0 bridgehead atoms. The molecule has 1 N–H and O–H groups in total. The minimum Gasteiger partial charge on any atom is -0.356 e. The Kier molecular flexibility index (Phi) is 9.43. The van der Waals surface area contributed by atoms with Crippen LogP contribution in [0.5, 0.6) is 0 Å². The van der Waals surface area contributed by atoms with Crippen molar-refractivity contribution in [2.45, 2.75) is 68.2 Å². The molecule has 3 saturated heterocycles. The Morgan fingerprint density at radius 1 is 1.13 bits per heavy atom. The third-order valence-corrected chi connectivity index (χ3v) is 8.87. The Morgan fingerprint density at radius 3 is 2.63 bits per heavy atom. The van der Waals surface area contributed by atoms with Crippen LogP contribution in [0.2, 0.25) is 5.15 Å². The fraction of sp³-hybridized carbons (Fsp3) is 0.607. The van der Waals surface area contributed by atoms with Gasteiger partial charge in [-0.2, -0.15) is 0 Å². The van der Waals surface area contributed by atoms with Crippen LogP contribution < -0.4 is 10.2 Å². The largest absolute Gasteiger partial charge is 0.356 e. The van der Waals surface area contributed by atoms with E-state index in [1.165, 1.54) is 25.8 Å². The topological polar surface area (TPSA) is 79.8 Å². The zero-order valence-corrected chi connectivity index (χ0v) is 23.7. The number of carbonyl (C=O) groups excluding carboxylic acids is 1. The molecular weight excluding hydrogens is 522 g/mol. The van der Waals surface area contributed by atoms with E-state index < -0.39 is 5.79 Å². The van der Waals surface area contributed by atoms with Crippen LogP contribution in [0.25, 0.3) is 0 Å². The first kappa shape index (κ1) is 27.6. The molecule has 206 valence electrons. The Balaban J connectivity index is 1.07. The van der Waals surface area contributed by atoms with Gasteiger partial charge in [-0.15, -0.1) is 0 Å². The van der Waals surface area contributed by atoms with Gasteiger partial charge in [-0.25, -0.2) is 9.97 Å². The van der Waals surface area contributed by atoms with Crippen LogP contribution in [0.1, 0.15) is 61.4 Å². The average molecular weight is 560 g/mol. The van der Waals surface area contributed by atoms with E-state index in [0.29, 0.717) is 47.4 Å². The number of hydrogen-bond donors (Lipinski definition) is 1. The predicted octanol–water partition coefficient (Wildman–Crippen LogP) is 4.76. The van der Waals surface area contributed by atoms with E-state index >= 15 is 0 Å². The van der Waals surface area contributed by atoms with Gasteiger partial charge in [0.25, 0.3) is 5.91 Å². The molecule has 3 aliphatic heterocycles. The Labute approximate surface area is 234 Å². The van der Waals surface area contributed by atoms with Gasteiger partial charge >= 0.3 is 0 Å². The maximum atomic E-state index is 12.6. The number of amides is 1. The molecule has 1 atom stereocenters. The lowest BCUT2D eigenvalue weighted by Gasteiger charge is -2.38. The van der Waals surface area contributed by atoms with Gasteiger partial charge in [0.15, 0.2) is 10.9 Å². The zero-order chi connectivity index (χ0) is 26.4. The first-order valence-corrected chi connectivity index (χ1v) is 15.2. The fourth-order valence-electron chi connectivity index (χ4n) is 5.45. The summed E-state index contributed by atoms with van der Waals surface area (Å²) in [7, 11) is 0. The first-order valence-electron chi connectivity index (χ1n) is 13.8. The highest BCUT2D eigenvalue weighted by Crippen LogP contribution is 2.34. The first-order chi connectivity index (χ1) is 18.5. The molecule has 3 fully saturated rings. The van der Waals surface area contributed by atoms with Crippen molar-refractivity contribution in [3.8, 4) is 0 Å². The molecule has 8 nitrogen and oxygen atoms in total. The number of piperidine rings is 2. The number of carbonyl (C=O) groups is 1. The van der Waals surface area contributed by atoms with Gasteiger partial charge in [0.05, 0.1) is 13.2 Å². The summed E-state index contributed by atoms with van der Waals surface area (Å²) in [6.07, 6.45) is 6.51. The van der Waals surface area contributed by atoms with Crippen molar-refractivity contribution in [2.75, 3.05) is 50.8 Å². The van der Waals surface area contributed by atoms with Gasteiger partial charge in [-0.3, -0.25) is 4.79 Å². The van der Waals surface area contributed by atoms with E-state index in [-0.39, 0.29) is 5.91 Å². The van der Waals surface area contributed by atoms with Crippen molar-refractivity contribution >= 4 is 35.1 Å². The SMILES string of the molecule is CC1CCCCN1CCCNC(=O)c1ccc(CSc2nc(Cl)cc(N3CCC4(CC3)OCCO4)n2)cc1. The molecule has 3 aliphatic rings. The molecule has 38 heavy (non-hydrogen) atoms. The molecule has 1 spiro atoms. The molecule has 0 aliphatic carbocycles. The van der Waals surface area contributed by atoms with E-state index in [1.54, 1.807) is 11.8 Å². The van der Waals surface area contributed by atoms with Crippen LogP contribution in [-0.2, 0) is 15.2 Å². The van der Waals surface area contributed by atoms with E-state index in [2.05, 4.69) is 27.0 Å². The summed E-state index contributed by atoms with van der Waals surface area (Å²) >= 11 is 7.88. The van der Waals surface area contributed by atoms with Crippen molar-refractivity contribution in [1.82, 2.24) is 20.2 Å². The average Bonchev–Trinajstić information content (AvgIpc) is 3.39. The number of likely N-dealkylation sites (tertiary alicyclic amines) is 1. The highest BCUT2D eigenvalue weighted by molar-refractivity contribution is 7.98. The number of nitrogens with one attached hydrogen (secondary N) is 1. The van der Waals surface area contributed by atoms with Crippen molar-refractivity contribution in [1.29, 1.82) is 0 Å². The summed E-state index contributed by atoms with van der Waals surface area (Å²) < 4.78 is 11.7. The highest BCUT2D eigenvalue weighted by atomic mass is 35.5. The van der Waals surface area contributed by atoms with E-state index in [0.717, 1.165) is 50.3 Å². The molecule has 2 aromatic rings. The standard InChI is InChI=1S/C28H38ClN5O3S/c1-21-5-2-3-13-33(21)14-4-12-30-26(35)23-8-6-22(7-9-23)20-38-27-31-24(29)19-25(32-27)34-15-10-28(11-16-34)36-17-18-37-28/h6-9,19,21H,2-5,10-18,20H2,1H3,(H,30,35). The number of thioether (sulfide) groups is 1. The molecule has 1 aromatic carbocycles. The molecular formula is C28H38ClN5O3S. The second kappa shape index (κ2) is 13.0. The summed E-state index contributed by atoms with van der Waals surface area (Å²) in [4.78, 5) is 26.5. The van der Waals surface area contributed by atoms with Gasteiger partial charge in [-0.05, 0) is 50.4 Å². The Hall–Kier alpha value is -1.91. The number of halogens is 1. The maximum absolute atomic E-state index is 12.6. The van der Waals surface area contributed by atoms with E-state index in [1.807, 2.05) is 30.3 Å². The maximum Gasteiger partial charge on any atom is 0.251 e. The van der Waals surface area contributed by atoms with Crippen molar-refractivity contribution in [2.24, 2.45) is 0 Å². The number of aromatic nitrogens is 2. The minimum atomic E-state index is -0.417. The lowest BCUT2D eigenvalue weighted by molar-refractivity contribution is -0.169. The molecule has 4 heterocycles. The molecule has 1 amide bonds. The number of nitrogens with zero attached hydrogens (tertiary/aromatic N) is 4. The zero-order valence-electron chi connectivity index (χ0n) is 22.2. The quantitative estimate of drug-likeness (QED) is 0.204.